The molecule has 2 atom stereocenters. The highest BCUT2D eigenvalue weighted by atomic mass is 35.5. The highest BCUT2D eigenvalue weighted by Crippen LogP contribution is 2.33. The molecule has 3 rings (SSSR count). The third-order valence-electron chi connectivity index (χ3n) is 4.48. The van der Waals surface area contributed by atoms with Crippen molar-refractivity contribution in [2.45, 2.75) is 31.8 Å². The Kier molecular flexibility index (Phi) is 3.89. The van der Waals surface area contributed by atoms with Crippen LogP contribution in [0.5, 0.6) is 0 Å². The molecule has 108 valence electrons. The van der Waals surface area contributed by atoms with Gasteiger partial charge in [0.1, 0.15) is 4.99 Å². The molecule has 2 heterocycles. The van der Waals surface area contributed by atoms with E-state index >= 15 is 0 Å². The minimum atomic E-state index is 0.381. The van der Waals surface area contributed by atoms with Gasteiger partial charge < -0.3 is 10.6 Å². The van der Waals surface area contributed by atoms with Crippen molar-refractivity contribution in [2.24, 2.45) is 5.73 Å². The molecule has 2 saturated heterocycles. The van der Waals surface area contributed by atoms with Crippen LogP contribution in [0.15, 0.2) is 18.2 Å². The second-order valence-electron chi connectivity index (χ2n) is 5.79. The molecule has 2 unspecified atom stereocenters. The summed E-state index contributed by atoms with van der Waals surface area (Å²) >= 11 is 11.5. The van der Waals surface area contributed by atoms with Crippen LogP contribution in [0, 0.1) is 0 Å². The van der Waals surface area contributed by atoms with Crippen molar-refractivity contribution in [3.8, 4) is 0 Å². The summed E-state index contributed by atoms with van der Waals surface area (Å²) in [6.07, 6.45) is 2.59. The molecule has 2 aliphatic heterocycles. The minimum absolute atomic E-state index is 0.381. The molecule has 0 aromatic heterocycles. The van der Waals surface area contributed by atoms with Gasteiger partial charge in [0, 0.05) is 30.9 Å². The topological polar surface area (TPSA) is 32.5 Å². The number of anilines is 1. The summed E-state index contributed by atoms with van der Waals surface area (Å²) in [6.45, 7) is 5.64. The van der Waals surface area contributed by atoms with Gasteiger partial charge in [0.05, 0.1) is 10.6 Å². The van der Waals surface area contributed by atoms with E-state index in [-0.39, 0.29) is 0 Å². The summed E-state index contributed by atoms with van der Waals surface area (Å²) in [5.74, 6) is 0. The molecule has 0 radical (unpaired) electrons. The first-order chi connectivity index (χ1) is 9.58. The second-order valence-corrected chi connectivity index (χ2v) is 6.64. The Bertz CT molecular complexity index is 534. The summed E-state index contributed by atoms with van der Waals surface area (Å²) in [5, 5.41) is 0.649. The molecule has 2 aliphatic rings. The van der Waals surface area contributed by atoms with E-state index in [1.807, 2.05) is 12.1 Å². The van der Waals surface area contributed by atoms with Gasteiger partial charge >= 0.3 is 0 Å². The van der Waals surface area contributed by atoms with Crippen LogP contribution in [0.4, 0.5) is 5.69 Å². The third kappa shape index (κ3) is 2.41. The van der Waals surface area contributed by atoms with E-state index in [9.17, 15) is 0 Å². The van der Waals surface area contributed by atoms with E-state index in [0.29, 0.717) is 22.1 Å². The fourth-order valence-corrected chi connectivity index (χ4v) is 4.06. The zero-order chi connectivity index (χ0) is 14.3. The number of hydrogen-bond donors (Lipinski definition) is 1. The minimum Gasteiger partial charge on any atom is -0.389 e. The van der Waals surface area contributed by atoms with Gasteiger partial charge in [-0.3, -0.25) is 4.90 Å². The van der Waals surface area contributed by atoms with Crippen molar-refractivity contribution < 1.29 is 0 Å². The van der Waals surface area contributed by atoms with Crippen LogP contribution in [0.3, 0.4) is 0 Å². The van der Waals surface area contributed by atoms with Crippen molar-refractivity contribution >= 4 is 34.5 Å². The first-order valence-corrected chi connectivity index (χ1v) is 7.95. The Morgan fingerprint density at radius 2 is 2.20 bits per heavy atom. The van der Waals surface area contributed by atoms with Crippen LogP contribution < -0.4 is 10.6 Å². The van der Waals surface area contributed by atoms with Crippen molar-refractivity contribution in [3.05, 3.63) is 28.8 Å². The molecule has 0 saturated carbocycles. The summed E-state index contributed by atoms with van der Waals surface area (Å²) in [4.78, 5) is 5.41. The normalized spacial score (nSPS) is 26.6. The number of fused-ring (bicyclic) bond motifs is 1. The lowest BCUT2D eigenvalue weighted by Gasteiger charge is -2.44. The maximum atomic E-state index is 6.30. The molecule has 20 heavy (non-hydrogen) atoms. The zero-order valence-electron chi connectivity index (χ0n) is 11.7. The van der Waals surface area contributed by atoms with Crippen LogP contribution in [0.1, 0.15) is 25.3 Å². The molecule has 0 aliphatic carbocycles. The van der Waals surface area contributed by atoms with Gasteiger partial charge in [0.25, 0.3) is 0 Å². The van der Waals surface area contributed by atoms with Gasteiger partial charge in [-0.15, -0.1) is 0 Å². The van der Waals surface area contributed by atoms with E-state index in [2.05, 4.69) is 22.8 Å². The highest BCUT2D eigenvalue weighted by molar-refractivity contribution is 7.80. The van der Waals surface area contributed by atoms with Crippen LogP contribution in [-0.4, -0.2) is 41.6 Å². The fraction of sp³-hybridized carbons (Fsp3) is 0.533. The number of piperazine rings is 1. The molecule has 1 aromatic carbocycles. The van der Waals surface area contributed by atoms with Crippen LogP contribution in [0.2, 0.25) is 5.02 Å². The molecule has 1 aromatic rings. The lowest BCUT2D eigenvalue weighted by atomic mass is 10.0. The van der Waals surface area contributed by atoms with Crippen molar-refractivity contribution in [1.29, 1.82) is 0 Å². The van der Waals surface area contributed by atoms with Gasteiger partial charge in [-0.05, 0) is 38.4 Å². The average Bonchev–Trinajstić information content (AvgIpc) is 2.84. The summed E-state index contributed by atoms with van der Waals surface area (Å²) in [7, 11) is 0. The smallest absolute Gasteiger partial charge is 0.107 e. The molecule has 2 N–H and O–H groups in total. The van der Waals surface area contributed by atoms with Gasteiger partial charge in [-0.2, -0.15) is 0 Å². The Balaban J connectivity index is 1.96. The molecular weight excluding hydrogens is 290 g/mol. The second kappa shape index (κ2) is 5.51. The van der Waals surface area contributed by atoms with Gasteiger partial charge in [0.2, 0.25) is 0 Å². The Morgan fingerprint density at radius 1 is 1.40 bits per heavy atom. The summed E-state index contributed by atoms with van der Waals surface area (Å²) < 4.78 is 0. The van der Waals surface area contributed by atoms with Gasteiger partial charge in [-0.1, -0.05) is 29.9 Å². The lowest BCUT2D eigenvalue weighted by molar-refractivity contribution is 0.203. The van der Waals surface area contributed by atoms with Gasteiger partial charge in [0.15, 0.2) is 0 Å². The molecule has 2 fully saturated rings. The van der Waals surface area contributed by atoms with E-state index in [1.165, 1.54) is 19.4 Å². The number of thiocarbonyl (C=S) groups is 1. The van der Waals surface area contributed by atoms with Gasteiger partial charge in [-0.25, -0.2) is 0 Å². The molecule has 0 bridgehead atoms. The number of hydrogen-bond acceptors (Lipinski definition) is 3. The van der Waals surface area contributed by atoms with Crippen molar-refractivity contribution in [1.82, 2.24) is 4.90 Å². The number of nitrogens with zero attached hydrogens (tertiary/aromatic N) is 2. The quantitative estimate of drug-likeness (QED) is 0.851. The van der Waals surface area contributed by atoms with Crippen LogP contribution in [0.25, 0.3) is 0 Å². The lowest BCUT2D eigenvalue weighted by Crippen LogP contribution is -2.55. The van der Waals surface area contributed by atoms with Crippen LogP contribution in [-0.2, 0) is 0 Å². The third-order valence-corrected chi connectivity index (χ3v) is 5.00. The first-order valence-electron chi connectivity index (χ1n) is 7.17. The summed E-state index contributed by atoms with van der Waals surface area (Å²) in [5.41, 5.74) is 7.79. The van der Waals surface area contributed by atoms with E-state index in [0.717, 1.165) is 24.3 Å². The maximum absolute atomic E-state index is 6.30. The highest BCUT2D eigenvalue weighted by Gasteiger charge is 2.35. The standard InChI is InChI=1S/C15H20ClN3S/c1-10-8-18-7-3-4-11(18)9-19(10)13-6-2-5-12(16)14(13)15(17)20/h2,5-6,10-11H,3-4,7-9H2,1H3,(H2,17,20). The SMILES string of the molecule is CC1CN2CCCC2CN1c1cccc(Cl)c1C(N)=S. The maximum Gasteiger partial charge on any atom is 0.107 e. The summed E-state index contributed by atoms with van der Waals surface area (Å²) in [6, 6.07) is 7.03. The Labute approximate surface area is 130 Å². The molecule has 0 amide bonds. The van der Waals surface area contributed by atoms with Crippen molar-refractivity contribution in [2.75, 3.05) is 24.5 Å². The van der Waals surface area contributed by atoms with Crippen LogP contribution >= 0.6 is 23.8 Å². The zero-order valence-corrected chi connectivity index (χ0v) is 13.3. The predicted octanol–water partition coefficient (Wildman–Crippen LogP) is 2.65. The predicted molar refractivity (Wildman–Crippen MR) is 88.7 cm³/mol. The first kappa shape index (κ1) is 14.1. The monoisotopic (exact) mass is 309 g/mol. The molecule has 3 nitrogen and oxygen atoms in total. The molecule has 0 spiro atoms. The Morgan fingerprint density at radius 3 is 2.95 bits per heavy atom. The number of rotatable bonds is 2. The molecule has 5 heteroatoms. The Hall–Kier alpha value is -0.840. The molecular formula is C15H20ClN3S. The van der Waals surface area contributed by atoms with E-state index in [1.54, 1.807) is 0 Å². The number of halogens is 1. The largest absolute Gasteiger partial charge is 0.389 e. The number of benzene rings is 1. The van der Waals surface area contributed by atoms with E-state index < -0.39 is 0 Å². The van der Waals surface area contributed by atoms with E-state index in [4.69, 9.17) is 29.6 Å². The van der Waals surface area contributed by atoms with Crippen molar-refractivity contribution in [3.63, 3.8) is 0 Å². The fourth-order valence-electron chi connectivity index (χ4n) is 3.52. The average molecular weight is 310 g/mol. The number of nitrogens with two attached hydrogens (primary N) is 1.